The zero-order valence-electron chi connectivity index (χ0n) is 14.9. The van der Waals surface area contributed by atoms with E-state index >= 15 is 0 Å². The number of halogens is 1. The maximum Gasteiger partial charge on any atom is 0.250 e. The molecule has 2 aromatic carbocycles. The molecule has 1 fully saturated rings. The summed E-state index contributed by atoms with van der Waals surface area (Å²) in [7, 11) is 0. The van der Waals surface area contributed by atoms with Crippen molar-refractivity contribution in [1.29, 1.82) is 0 Å². The Bertz CT molecular complexity index is 1030. The van der Waals surface area contributed by atoms with E-state index < -0.39 is 23.1 Å². The molecule has 2 aliphatic heterocycles. The van der Waals surface area contributed by atoms with Gasteiger partial charge in [0.05, 0.1) is 13.0 Å². The number of anilines is 2. The van der Waals surface area contributed by atoms with E-state index in [4.69, 9.17) is 11.6 Å². The summed E-state index contributed by atoms with van der Waals surface area (Å²) in [5.41, 5.74) is 0.694. The third-order valence-corrected chi connectivity index (χ3v) is 5.25. The number of nitrogens with zero attached hydrogens (tertiary/aromatic N) is 1. The SMILES string of the molecule is CC(=O)Nc1ccc(CN2C(=O)CC3(C(=O)Nc4ccc(Cl)cc43)C2=O)cc1. The number of hydrogen-bond acceptors (Lipinski definition) is 4. The highest BCUT2D eigenvalue weighted by atomic mass is 35.5. The molecule has 4 amide bonds. The number of likely N-dealkylation sites (tertiary alicyclic amines) is 1. The van der Waals surface area contributed by atoms with Crippen LogP contribution in [0.2, 0.25) is 5.02 Å². The highest BCUT2D eigenvalue weighted by Crippen LogP contribution is 2.46. The number of hydrogen-bond donors (Lipinski definition) is 2. The first kappa shape index (κ1) is 18.2. The number of amides is 4. The van der Waals surface area contributed by atoms with Gasteiger partial charge in [-0.2, -0.15) is 0 Å². The molecule has 142 valence electrons. The number of imide groups is 1. The van der Waals surface area contributed by atoms with Gasteiger partial charge in [-0.15, -0.1) is 0 Å². The smallest absolute Gasteiger partial charge is 0.250 e. The van der Waals surface area contributed by atoms with Gasteiger partial charge < -0.3 is 10.6 Å². The van der Waals surface area contributed by atoms with Crippen molar-refractivity contribution in [3.63, 3.8) is 0 Å². The topological polar surface area (TPSA) is 95.6 Å². The molecule has 0 aliphatic carbocycles. The predicted molar refractivity (Wildman–Crippen MR) is 103 cm³/mol. The van der Waals surface area contributed by atoms with E-state index in [1.165, 1.54) is 6.92 Å². The van der Waals surface area contributed by atoms with Gasteiger partial charge in [0.2, 0.25) is 23.6 Å². The van der Waals surface area contributed by atoms with E-state index in [1.807, 2.05) is 0 Å². The van der Waals surface area contributed by atoms with Crippen LogP contribution in [-0.4, -0.2) is 28.5 Å². The Morgan fingerprint density at radius 1 is 1.18 bits per heavy atom. The first-order valence-electron chi connectivity index (χ1n) is 8.64. The number of carbonyl (C=O) groups excluding carboxylic acids is 4. The summed E-state index contributed by atoms with van der Waals surface area (Å²) < 4.78 is 0. The summed E-state index contributed by atoms with van der Waals surface area (Å²) in [4.78, 5) is 50.7. The van der Waals surface area contributed by atoms with Crippen LogP contribution in [0.4, 0.5) is 11.4 Å². The Balaban J connectivity index is 1.63. The second-order valence-electron chi connectivity index (χ2n) is 6.89. The fourth-order valence-electron chi connectivity index (χ4n) is 3.70. The molecule has 1 saturated heterocycles. The van der Waals surface area contributed by atoms with E-state index in [0.29, 0.717) is 27.5 Å². The molecule has 1 spiro atoms. The van der Waals surface area contributed by atoms with Crippen molar-refractivity contribution in [2.24, 2.45) is 0 Å². The van der Waals surface area contributed by atoms with Crippen LogP contribution in [0.3, 0.4) is 0 Å². The Labute approximate surface area is 165 Å². The van der Waals surface area contributed by atoms with Crippen LogP contribution in [0.25, 0.3) is 0 Å². The standard InChI is InChI=1S/C20H16ClN3O4/c1-11(25)22-14-5-2-12(3-6-14)10-24-17(26)9-20(19(24)28)15-8-13(21)4-7-16(15)23-18(20)27/h2-8H,9-10H2,1H3,(H,22,25)(H,23,27). The number of carbonyl (C=O) groups is 4. The second kappa shape index (κ2) is 6.45. The van der Waals surface area contributed by atoms with Crippen molar-refractivity contribution >= 4 is 46.6 Å². The molecule has 1 unspecified atom stereocenters. The van der Waals surface area contributed by atoms with Gasteiger partial charge in [-0.25, -0.2) is 0 Å². The Hall–Kier alpha value is -3.19. The van der Waals surface area contributed by atoms with E-state index in [1.54, 1.807) is 42.5 Å². The number of fused-ring (bicyclic) bond motifs is 2. The monoisotopic (exact) mass is 397 g/mol. The molecular formula is C20H16ClN3O4. The molecule has 0 bridgehead atoms. The summed E-state index contributed by atoms with van der Waals surface area (Å²) in [6.07, 6.45) is -0.227. The second-order valence-corrected chi connectivity index (χ2v) is 7.33. The average molecular weight is 398 g/mol. The van der Waals surface area contributed by atoms with Gasteiger partial charge >= 0.3 is 0 Å². The van der Waals surface area contributed by atoms with Gasteiger partial charge in [0, 0.05) is 28.9 Å². The molecule has 0 aromatic heterocycles. The molecule has 4 rings (SSSR count). The lowest BCUT2D eigenvalue weighted by atomic mass is 9.80. The van der Waals surface area contributed by atoms with E-state index in [2.05, 4.69) is 10.6 Å². The van der Waals surface area contributed by atoms with Crippen LogP contribution in [0.1, 0.15) is 24.5 Å². The summed E-state index contributed by atoms with van der Waals surface area (Å²) in [5, 5.41) is 5.72. The third kappa shape index (κ3) is 2.75. The molecule has 0 radical (unpaired) electrons. The van der Waals surface area contributed by atoms with Crippen LogP contribution in [-0.2, 0) is 31.1 Å². The van der Waals surface area contributed by atoms with Crippen molar-refractivity contribution in [3.05, 3.63) is 58.6 Å². The van der Waals surface area contributed by atoms with Crippen molar-refractivity contribution in [1.82, 2.24) is 4.90 Å². The van der Waals surface area contributed by atoms with Crippen molar-refractivity contribution in [2.75, 3.05) is 10.6 Å². The number of nitrogens with one attached hydrogen (secondary N) is 2. The van der Waals surface area contributed by atoms with Gasteiger partial charge in [-0.3, -0.25) is 24.1 Å². The quantitative estimate of drug-likeness (QED) is 0.614. The van der Waals surface area contributed by atoms with Crippen LogP contribution in [0.15, 0.2) is 42.5 Å². The molecule has 28 heavy (non-hydrogen) atoms. The molecule has 7 nitrogen and oxygen atoms in total. The molecule has 2 aromatic rings. The molecule has 2 heterocycles. The van der Waals surface area contributed by atoms with Crippen LogP contribution in [0, 0.1) is 0 Å². The third-order valence-electron chi connectivity index (χ3n) is 5.02. The van der Waals surface area contributed by atoms with Gasteiger partial charge in [0.1, 0.15) is 0 Å². The Morgan fingerprint density at radius 2 is 1.89 bits per heavy atom. The van der Waals surface area contributed by atoms with Crippen LogP contribution >= 0.6 is 11.6 Å². The summed E-state index contributed by atoms with van der Waals surface area (Å²) in [6, 6.07) is 11.6. The van der Waals surface area contributed by atoms with Crippen LogP contribution < -0.4 is 10.6 Å². The highest BCUT2D eigenvalue weighted by molar-refractivity contribution is 6.32. The molecule has 2 aliphatic rings. The van der Waals surface area contributed by atoms with Gasteiger partial charge in [-0.1, -0.05) is 23.7 Å². The lowest BCUT2D eigenvalue weighted by Crippen LogP contribution is -2.43. The zero-order valence-corrected chi connectivity index (χ0v) is 15.7. The number of rotatable bonds is 3. The van der Waals surface area contributed by atoms with Crippen LogP contribution in [0.5, 0.6) is 0 Å². The van der Waals surface area contributed by atoms with Gasteiger partial charge in [0.25, 0.3) is 0 Å². The normalized spacial score (nSPS) is 20.5. The Kier molecular flexibility index (Phi) is 4.19. The first-order chi connectivity index (χ1) is 13.3. The maximum absolute atomic E-state index is 13.2. The minimum absolute atomic E-state index is 0.0446. The zero-order chi connectivity index (χ0) is 20.1. The maximum atomic E-state index is 13.2. The Morgan fingerprint density at radius 3 is 2.57 bits per heavy atom. The van der Waals surface area contributed by atoms with E-state index in [-0.39, 0.29) is 18.9 Å². The largest absolute Gasteiger partial charge is 0.326 e. The molecule has 8 heteroatoms. The summed E-state index contributed by atoms with van der Waals surface area (Å²) >= 11 is 6.05. The fourth-order valence-corrected chi connectivity index (χ4v) is 3.87. The summed E-state index contributed by atoms with van der Waals surface area (Å²) in [5.74, 6) is -1.67. The molecule has 0 saturated carbocycles. The van der Waals surface area contributed by atoms with Gasteiger partial charge in [-0.05, 0) is 35.9 Å². The molecular weight excluding hydrogens is 382 g/mol. The summed E-state index contributed by atoms with van der Waals surface area (Å²) in [6.45, 7) is 1.45. The number of benzene rings is 2. The van der Waals surface area contributed by atoms with Crippen molar-refractivity contribution in [3.8, 4) is 0 Å². The van der Waals surface area contributed by atoms with Crippen molar-refractivity contribution < 1.29 is 19.2 Å². The minimum atomic E-state index is -1.56. The fraction of sp³-hybridized carbons (Fsp3) is 0.200. The van der Waals surface area contributed by atoms with Gasteiger partial charge in [0.15, 0.2) is 5.41 Å². The van der Waals surface area contributed by atoms with E-state index in [9.17, 15) is 19.2 Å². The van der Waals surface area contributed by atoms with E-state index in [0.717, 1.165) is 4.90 Å². The van der Waals surface area contributed by atoms with Crippen molar-refractivity contribution in [2.45, 2.75) is 25.3 Å². The predicted octanol–water partition coefficient (Wildman–Crippen LogP) is 2.45. The lowest BCUT2D eigenvalue weighted by molar-refractivity contribution is -0.141. The minimum Gasteiger partial charge on any atom is -0.326 e. The first-order valence-corrected chi connectivity index (χ1v) is 9.02. The lowest BCUT2D eigenvalue weighted by Gasteiger charge is -2.20. The highest BCUT2D eigenvalue weighted by Gasteiger charge is 2.61. The molecule has 1 atom stereocenters. The average Bonchev–Trinajstić information content (AvgIpc) is 3.05. The molecule has 2 N–H and O–H groups in total.